The quantitative estimate of drug-likeness (QED) is 0.846. The molecule has 0 unspecified atom stereocenters. The second-order valence-corrected chi connectivity index (χ2v) is 3.68. The van der Waals surface area contributed by atoms with E-state index in [0.29, 0.717) is 12.2 Å². The van der Waals surface area contributed by atoms with E-state index < -0.39 is 6.61 Å². The third-order valence-electron chi connectivity index (χ3n) is 2.42. The van der Waals surface area contributed by atoms with Gasteiger partial charge in [0.2, 0.25) is 0 Å². The molecule has 1 heterocycles. The highest BCUT2D eigenvalue weighted by atomic mass is 19.3. The number of alkyl halides is 2. The summed E-state index contributed by atoms with van der Waals surface area (Å²) in [6.45, 7) is -2.39. The topological polar surface area (TPSA) is 59.2 Å². The highest BCUT2D eigenvalue weighted by Crippen LogP contribution is 2.31. The Morgan fingerprint density at radius 2 is 2.16 bits per heavy atom. The molecule has 7 heteroatoms. The van der Waals surface area contributed by atoms with Crippen molar-refractivity contribution in [2.24, 2.45) is 0 Å². The van der Waals surface area contributed by atoms with Crippen LogP contribution in [-0.2, 0) is 6.54 Å². The average Bonchev–Trinajstić information content (AvgIpc) is 2.89. The Hall–Kier alpha value is -2.31. The molecule has 2 rings (SSSR count). The monoisotopic (exact) mass is 269 g/mol. The van der Waals surface area contributed by atoms with Gasteiger partial charge in [0.25, 0.3) is 0 Å². The van der Waals surface area contributed by atoms with Crippen molar-refractivity contribution < 1.29 is 18.3 Å². The van der Waals surface area contributed by atoms with E-state index in [1.54, 1.807) is 18.3 Å². The minimum Gasteiger partial charge on any atom is -0.493 e. The van der Waals surface area contributed by atoms with Crippen molar-refractivity contribution in [3.63, 3.8) is 0 Å². The number of anilines is 1. The second kappa shape index (κ2) is 6.03. The molecule has 1 aromatic heterocycles. The van der Waals surface area contributed by atoms with Crippen LogP contribution < -0.4 is 14.8 Å². The zero-order valence-corrected chi connectivity index (χ0v) is 10.2. The number of ether oxygens (including phenoxy) is 2. The molecular formula is C12H13F2N3O2. The highest BCUT2D eigenvalue weighted by Gasteiger charge is 2.11. The Balaban J connectivity index is 2.08. The highest BCUT2D eigenvalue weighted by molar-refractivity contribution is 5.54. The molecular weight excluding hydrogens is 256 g/mol. The molecule has 0 amide bonds. The first-order valence-electron chi connectivity index (χ1n) is 5.54. The lowest BCUT2D eigenvalue weighted by atomic mass is 10.2. The van der Waals surface area contributed by atoms with E-state index in [2.05, 4.69) is 20.3 Å². The molecule has 0 saturated heterocycles. The van der Waals surface area contributed by atoms with E-state index in [9.17, 15) is 8.78 Å². The lowest BCUT2D eigenvalue weighted by molar-refractivity contribution is -0.0511. The fourth-order valence-electron chi connectivity index (χ4n) is 1.56. The number of benzene rings is 1. The largest absolute Gasteiger partial charge is 0.493 e. The van der Waals surface area contributed by atoms with Crippen molar-refractivity contribution in [2.45, 2.75) is 13.2 Å². The van der Waals surface area contributed by atoms with Crippen LogP contribution in [0.4, 0.5) is 14.5 Å². The van der Waals surface area contributed by atoms with Crippen LogP contribution in [-0.4, -0.2) is 23.9 Å². The van der Waals surface area contributed by atoms with Gasteiger partial charge >= 0.3 is 6.61 Å². The van der Waals surface area contributed by atoms with Crippen molar-refractivity contribution in [3.8, 4) is 11.5 Å². The maximum absolute atomic E-state index is 12.3. The van der Waals surface area contributed by atoms with Gasteiger partial charge in [-0.15, -0.1) is 0 Å². The van der Waals surface area contributed by atoms with E-state index in [0.717, 1.165) is 5.69 Å². The number of methoxy groups -OCH3 is 1. The van der Waals surface area contributed by atoms with Crippen LogP contribution >= 0.6 is 0 Å². The third-order valence-corrected chi connectivity index (χ3v) is 2.42. The number of hydrogen-bond acceptors (Lipinski definition) is 4. The zero-order valence-electron chi connectivity index (χ0n) is 10.2. The van der Waals surface area contributed by atoms with Gasteiger partial charge in [-0.2, -0.15) is 13.9 Å². The molecule has 0 aliphatic carbocycles. The van der Waals surface area contributed by atoms with Gasteiger partial charge in [-0.25, -0.2) is 0 Å². The molecule has 0 aliphatic rings. The van der Waals surface area contributed by atoms with E-state index in [4.69, 9.17) is 4.74 Å². The summed E-state index contributed by atoms with van der Waals surface area (Å²) in [6, 6.07) is 6.55. The maximum Gasteiger partial charge on any atom is 0.387 e. The zero-order chi connectivity index (χ0) is 13.7. The summed E-state index contributed by atoms with van der Waals surface area (Å²) < 4.78 is 33.9. The van der Waals surface area contributed by atoms with Crippen molar-refractivity contribution in [3.05, 3.63) is 36.2 Å². The maximum atomic E-state index is 12.3. The summed E-state index contributed by atoms with van der Waals surface area (Å²) in [5.41, 5.74) is 1.53. The number of aromatic nitrogens is 2. The fraction of sp³-hybridized carbons (Fsp3) is 0.250. The van der Waals surface area contributed by atoms with Gasteiger partial charge in [-0.3, -0.25) is 5.10 Å². The second-order valence-electron chi connectivity index (χ2n) is 3.68. The molecule has 19 heavy (non-hydrogen) atoms. The van der Waals surface area contributed by atoms with Gasteiger partial charge in [0.05, 0.1) is 19.3 Å². The fourth-order valence-corrected chi connectivity index (χ4v) is 1.56. The Morgan fingerprint density at radius 3 is 2.79 bits per heavy atom. The predicted molar refractivity (Wildman–Crippen MR) is 65.5 cm³/mol. The smallest absolute Gasteiger partial charge is 0.387 e. The number of nitrogens with one attached hydrogen (secondary N) is 2. The normalized spacial score (nSPS) is 10.5. The molecule has 0 bridgehead atoms. The molecule has 102 valence electrons. The van der Waals surface area contributed by atoms with Crippen LogP contribution in [0.1, 0.15) is 5.69 Å². The summed E-state index contributed by atoms with van der Waals surface area (Å²) in [7, 11) is 1.39. The Labute approximate surface area is 108 Å². The van der Waals surface area contributed by atoms with E-state index >= 15 is 0 Å². The third kappa shape index (κ3) is 3.57. The van der Waals surface area contributed by atoms with Gasteiger partial charge in [-0.1, -0.05) is 0 Å². The first kappa shape index (κ1) is 13.1. The number of rotatable bonds is 6. The van der Waals surface area contributed by atoms with Crippen LogP contribution in [0.2, 0.25) is 0 Å². The lowest BCUT2D eigenvalue weighted by Crippen LogP contribution is -2.05. The average molecular weight is 269 g/mol. The molecule has 0 radical (unpaired) electrons. The number of hydrogen-bond donors (Lipinski definition) is 2. The lowest BCUT2D eigenvalue weighted by Gasteiger charge is -2.12. The van der Waals surface area contributed by atoms with Gasteiger partial charge in [-0.05, 0) is 18.2 Å². The van der Waals surface area contributed by atoms with E-state index in [1.165, 1.54) is 13.2 Å². The van der Waals surface area contributed by atoms with Crippen LogP contribution in [0.25, 0.3) is 0 Å². The summed E-state index contributed by atoms with van der Waals surface area (Å²) >= 11 is 0. The Kier molecular flexibility index (Phi) is 4.17. The number of nitrogens with zero attached hydrogens (tertiary/aromatic N) is 1. The first-order valence-corrected chi connectivity index (χ1v) is 5.54. The minimum atomic E-state index is -2.89. The van der Waals surface area contributed by atoms with Crippen molar-refractivity contribution in [1.82, 2.24) is 10.2 Å². The van der Waals surface area contributed by atoms with Crippen molar-refractivity contribution in [2.75, 3.05) is 12.4 Å². The summed E-state index contributed by atoms with van der Waals surface area (Å²) in [4.78, 5) is 0. The predicted octanol–water partition coefficient (Wildman–Crippen LogP) is 2.63. The SMILES string of the molecule is COc1ccc(NCc2ccn[nH]2)cc1OC(F)F. The van der Waals surface area contributed by atoms with Crippen LogP contribution in [0, 0.1) is 0 Å². The first-order chi connectivity index (χ1) is 9.19. The number of aromatic amines is 1. The van der Waals surface area contributed by atoms with Crippen LogP contribution in [0.15, 0.2) is 30.5 Å². The van der Waals surface area contributed by atoms with Gasteiger partial charge in [0.1, 0.15) is 0 Å². The van der Waals surface area contributed by atoms with E-state index in [1.807, 2.05) is 6.07 Å². The molecule has 5 nitrogen and oxygen atoms in total. The molecule has 0 spiro atoms. The Bertz CT molecular complexity index is 518. The molecule has 2 N–H and O–H groups in total. The van der Waals surface area contributed by atoms with Gasteiger partial charge in [0.15, 0.2) is 11.5 Å². The number of halogens is 2. The molecule has 0 fully saturated rings. The summed E-state index contributed by atoms with van der Waals surface area (Å²) in [5, 5.41) is 9.66. The minimum absolute atomic E-state index is 0.00730. The molecule has 0 saturated carbocycles. The summed E-state index contributed by atoms with van der Waals surface area (Å²) in [6.07, 6.45) is 1.64. The summed E-state index contributed by atoms with van der Waals surface area (Å²) in [5.74, 6) is 0.250. The van der Waals surface area contributed by atoms with Gasteiger partial charge < -0.3 is 14.8 Å². The van der Waals surface area contributed by atoms with Crippen molar-refractivity contribution >= 4 is 5.69 Å². The molecule has 2 aromatic rings. The van der Waals surface area contributed by atoms with Crippen molar-refractivity contribution in [1.29, 1.82) is 0 Å². The Morgan fingerprint density at radius 1 is 1.32 bits per heavy atom. The number of H-pyrrole nitrogens is 1. The van der Waals surface area contributed by atoms with Crippen LogP contribution in [0.3, 0.4) is 0 Å². The standard InChI is InChI=1S/C12H13F2N3O2/c1-18-10-3-2-8(6-11(10)19-12(13)14)15-7-9-4-5-16-17-9/h2-6,12,15H,7H2,1H3,(H,16,17). The van der Waals surface area contributed by atoms with E-state index in [-0.39, 0.29) is 11.5 Å². The molecule has 1 aromatic carbocycles. The molecule has 0 aliphatic heterocycles. The van der Waals surface area contributed by atoms with Crippen LogP contribution in [0.5, 0.6) is 11.5 Å². The molecule has 0 atom stereocenters. The van der Waals surface area contributed by atoms with Gasteiger partial charge in [0, 0.05) is 18.0 Å².